The summed E-state index contributed by atoms with van der Waals surface area (Å²) < 4.78 is 2.16. The lowest BCUT2D eigenvalue weighted by Crippen LogP contribution is -2.41. The Kier molecular flexibility index (Phi) is 5.85. The van der Waals surface area contributed by atoms with Crippen molar-refractivity contribution in [2.24, 2.45) is 13.0 Å². The van der Waals surface area contributed by atoms with Crippen LogP contribution >= 0.6 is 0 Å². The highest BCUT2D eigenvalue weighted by molar-refractivity contribution is 5.79. The third-order valence-electron chi connectivity index (χ3n) is 4.48. The monoisotopic (exact) mass is 291 g/mol. The van der Waals surface area contributed by atoms with Crippen LogP contribution in [-0.2, 0) is 11.8 Å². The third-order valence-corrected chi connectivity index (χ3v) is 4.48. The van der Waals surface area contributed by atoms with E-state index in [0.29, 0.717) is 5.91 Å². The Morgan fingerprint density at radius 1 is 1.43 bits per heavy atom. The number of carbonyl (C=O) groups is 1. The molecule has 4 nitrogen and oxygen atoms in total. The van der Waals surface area contributed by atoms with Gasteiger partial charge < -0.3 is 14.8 Å². The molecule has 4 heteroatoms. The fourth-order valence-electron chi connectivity index (χ4n) is 3.23. The molecule has 2 heterocycles. The largest absolute Gasteiger partial charge is 0.353 e. The average molecular weight is 291 g/mol. The van der Waals surface area contributed by atoms with Crippen LogP contribution in [0.2, 0.25) is 0 Å². The first kappa shape index (κ1) is 16.1. The molecular formula is C17H29N3O. The van der Waals surface area contributed by atoms with Crippen molar-refractivity contribution in [3.8, 4) is 0 Å². The molecular weight excluding hydrogens is 262 g/mol. The van der Waals surface area contributed by atoms with Crippen molar-refractivity contribution in [3.63, 3.8) is 0 Å². The zero-order valence-corrected chi connectivity index (χ0v) is 13.6. The number of carbonyl (C=O) groups excluding carboxylic acids is 1. The molecule has 0 aliphatic carbocycles. The van der Waals surface area contributed by atoms with Gasteiger partial charge in [-0.15, -0.1) is 0 Å². The van der Waals surface area contributed by atoms with Crippen molar-refractivity contribution in [3.05, 3.63) is 24.0 Å². The van der Waals surface area contributed by atoms with Gasteiger partial charge in [0.2, 0.25) is 5.91 Å². The topological polar surface area (TPSA) is 37.3 Å². The van der Waals surface area contributed by atoms with Crippen LogP contribution in [0, 0.1) is 5.92 Å². The molecule has 0 aromatic carbocycles. The van der Waals surface area contributed by atoms with Crippen molar-refractivity contribution >= 4 is 5.91 Å². The molecule has 1 aliphatic heterocycles. The highest BCUT2D eigenvalue weighted by atomic mass is 16.2. The Morgan fingerprint density at radius 3 is 2.90 bits per heavy atom. The summed E-state index contributed by atoms with van der Waals surface area (Å²) in [5.74, 6) is 0.342. The minimum atomic E-state index is 0.0471. The lowest BCUT2D eigenvalue weighted by molar-refractivity contribution is -0.137. The Balaban J connectivity index is 2.16. The standard InChI is InChI=1S/C17H29N3O/c1-4-18-13-14(2)17(21)20-12-7-5-6-9-16(20)15-10-8-11-19(15)3/h8,10-11,14,16,18H,4-7,9,12-13H2,1-3H3. The van der Waals surface area contributed by atoms with Gasteiger partial charge in [0.05, 0.1) is 6.04 Å². The first-order chi connectivity index (χ1) is 10.1. The molecule has 1 amide bonds. The molecule has 0 radical (unpaired) electrons. The molecule has 1 fully saturated rings. The van der Waals surface area contributed by atoms with E-state index < -0.39 is 0 Å². The number of aryl methyl sites for hydroxylation is 1. The van der Waals surface area contributed by atoms with Gasteiger partial charge in [-0.3, -0.25) is 4.79 Å². The lowest BCUT2D eigenvalue weighted by Gasteiger charge is -2.32. The first-order valence-electron chi connectivity index (χ1n) is 8.27. The molecule has 21 heavy (non-hydrogen) atoms. The van der Waals surface area contributed by atoms with Crippen molar-refractivity contribution in [2.75, 3.05) is 19.6 Å². The van der Waals surface area contributed by atoms with Crippen LogP contribution in [-0.4, -0.2) is 35.0 Å². The van der Waals surface area contributed by atoms with Crippen molar-refractivity contribution in [2.45, 2.75) is 45.6 Å². The van der Waals surface area contributed by atoms with Gasteiger partial charge in [0.15, 0.2) is 0 Å². The van der Waals surface area contributed by atoms with Gasteiger partial charge in [0.1, 0.15) is 0 Å². The Bertz CT molecular complexity index is 455. The van der Waals surface area contributed by atoms with Crippen molar-refractivity contribution < 1.29 is 4.79 Å². The number of nitrogens with one attached hydrogen (secondary N) is 1. The summed E-state index contributed by atoms with van der Waals surface area (Å²) in [6.45, 7) is 6.70. The van der Waals surface area contributed by atoms with Crippen LogP contribution in [0.1, 0.15) is 51.3 Å². The summed E-state index contributed by atoms with van der Waals surface area (Å²) in [5, 5.41) is 3.29. The molecule has 2 rings (SSSR count). The summed E-state index contributed by atoms with van der Waals surface area (Å²) in [6.07, 6.45) is 6.72. The molecule has 0 bridgehead atoms. The van der Waals surface area contributed by atoms with E-state index in [1.54, 1.807) is 0 Å². The van der Waals surface area contributed by atoms with Gasteiger partial charge in [0, 0.05) is 37.9 Å². The second-order valence-electron chi connectivity index (χ2n) is 6.15. The predicted molar refractivity (Wildman–Crippen MR) is 86.0 cm³/mol. The van der Waals surface area contributed by atoms with Gasteiger partial charge in [-0.25, -0.2) is 0 Å². The van der Waals surface area contributed by atoms with E-state index in [4.69, 9.17) is 0 Å². The number of amides is 1. The maximum atomic E-state index is 12.9. The molecule has 118 valence electrons. The summed E-state index contributed by atoms with van der Waals surface area (Å²) in [4.78, 5) is 15.0. The molecule has 1 aromatic rings. The van der Waals surface area contributed by atoms with E-state index >= 15 is 0 Å². The number of rotatable bonds is 5. The van der Waals surface area contributed by atoms with Crippen molar-refractivity contribution in [1.29, 1.82) is 0 Å². The SMILES string of the molecule is CCNCC(C)C(=O)N1CCCCCC1c1cccn1C. The smallest absolute Gasteiger partial charge is 0.227 e. The van der Waals surface area contributed by atoms with Gasteiger partial charge in [0.25, 0.3) is 0 Å². The Labute approximate surface area is 128 Å². The summed E-state index contributed by atoms with van der Waals surface area (Å²) >= 11 is 0. The van der Waals surface area contributed by atoms with Gasteiger partial charge >= 0.3 is 0 Å². The Morgan fingerprint density at radius 2 is 2.24 bits per heavy atom. The minimum absolute atomic E-state index is 0.0471. The molecule has 2 unspecified atom stereocenters. The van der Waals surface area contributed by atoms with E-state index in [9.17, 15) is 4.79 Å². The molecule has 1 N–H and O–H groups in total. The average Bonchev–Trinajstić information content (AvgIpc) is 2.76. The van der Waals surface area contributed by atoms with Crippen LogP contribution in [0.5, 0.6) is 0 Å². The molecule has 1 aromatic heterocycles. The van der Waals surface area contributed by atoms with Crippen LogP contribution in [0.15, 0.2) is 18.3 Å². The lowest BCUT2D eigenvalue weighted by atomic mass is 10.0. The molecule has 2 atom stereocenters. The zero-order chi connectivity index (χ0) is 15.2. The quantitative estimate of drug-likeness (QED) is 0.905. The number of hydrogen-bond acceptors (Lipinski definition) is 2. The summed E-state index contributed by atoms with van der Waals surface area (Å²) in [6, 6.07) is 4.47. The predicted octanol–water partition coefficient (Wildman–Crippen LogP) is 2.71. The molecule has 1 aliphatic rings. The highest BCUT2D eigenvalue weighted by Crippen LogP contribution is 2.31. The third kappa shape index (κ3) is 3.88. The van der Waals surface area contributed by atoms with Crippen molar-refractivity contribution in [1.82, 2.24) is 14.8 Å². The van der Waals surface area contributed by atoms with E-state index in [0.717, 1.165) is 32.5 Å². The van der Waals surface area contributed by atoms with E-state index in [2.05, 4.69) is 47.1 Å². The second-order valence-corrected chi connectivity index (χ2v) is 6.15. The summed E-state index contributed by atoms with van der Waals surface area (Å²) in [7, 11) is 2.07. The van der Waals surface area contributed by atoms with Gasteiger partial charge in [-0.1, -0.05) is 26.7 Å². The van der Waals surface area contributed by atoms with Gasteiger partial charge in [-0.2, -0.15) is 0 Å². The first-order valence-corrected chi connectivity index (χ1v) is 8.27. The maximum Gasteiger partial charge on any atom is 0.227 e. The van der Waals surface area contributed by atoms with Crippen LogP contribution < -0.4 is 5.32 Å². The normalized spacial score (nSPS) is 21.1. The zero-order valence-electron chi connectivity index (χ0n) is 13.6. The Hall–Kier alpha value is -1.29. The van der Waals surface area contributed by atoms with E-state index in [1.807, 2.05) is 6.92 Å². The number of aromatic nitrogens is 1. The summed E-state index contributed by atoms with van der Waals surface area (Å²) in [5.41, 5.74) is 1.26. The van der Waals surface area contributed by atoms with E-state index in [1.165, 1.54) is 18.5 Å². The number of likely N-dealkylation sites (tertiary alicyclic amines) is 1. The van der Waals surface area contributed by atoms with Gasteiger partial charge in [-0.05, 0) is 31.5 Å². The molecule has 0 saturated carbocycles. The fourth-order valence-corrected chi connectivity index (χ4v) is 3.23. The number of hydrogen-bond donors (Lipinski definition) is 1. The van der Waals surface area contributed by atoms with E-state index in [-0.39, 0.29) is 12.0 Å². The fraction of sp³-hybridized carbons (Fsp3) is 0.706. The maximum absolute atomic E-state index is 12.9. The van der Waals surface area contributed by atoms with Crippen LogP contribution in [0.4, 0.5) is 0 Å². The second kappa shape index (κ2) is 7.64. The number of nitrogens with zero attached hydrogens (tertiary/aromatic N) is 2. The minimum Gasteiger partial charge on any atom is -0.353 e. The molecule has 0 spiro atoms. The molecule has 1 saturated heterocycles. The van der Waals surface area contributed by atoms with Crippen LogP contribution in [0.25, 0.3) is 0 Å². The highest BCUT2D eigenvalue weighted by Gasteiger charge is 2.30. The van der Waals surface area contributed by atoms with Crippen LogP contribution in [0.3, 0.4) is 0 Å².